The second kappa shape index (κ2) is 6.48. The van der Waals surface area contributed by atoms with Crippen molar-refractivity contribution < 1.29 is 4.79 Å². The first kappa shape index (κ1) is 13.8. The van der Waals surface area contributed by atoms with E-state index in [9.17, 15) is 4.79 Å². The summed E-state index contributed by atoms with van der Waals surface area (Å²) in [5.74, 6) is 0.270. The van der Waals surface area contributed by atoms with Gasteiger partial charge in [0, 0.05) is 10.0 Å². The zero-order chi connectivity index (χ0) is 13.0. The first-order chi connectivity index (χ1) is 8.74. The molecule has 1 fully saturated rings. The van der Waals surface area contributed by atoms with E-state index in [0.29, 0.717) is 0 Å². The second-order valence-corrected chi connectivity index (χ2v) is 5.75. The molecule has 0 saturated carbocycles. The summed E-state index contributed by atoms with van der Waals surface area (Å²) in [5.41, 5.74) is 0.822. The van der Waals surface area contributed by atoms with Crippen LogP contribution < -0.4 is 0 Å². The highest BCUT2D eigenvalue weighted by Gasteiger charge is 2.28. The fourth-order valence-electron chi connectivity index (χ4n) is 2.65. The van der Waals surface area contributed by atoms with Gasteiger partial charge in [-0.15, -0.1) is 0 Å². The molecule has 2 nitrogen and oxygen atoms in total. The van der Waals surface area contributed by atoms with Gasteiger partial charge in [0.1, 0.15) is 0 Å². The van der Waals surface area contributed by atoms with Gasteiger partial charge in [0.25, 0.3) is 0 Å². The third kappa shape index (κ3) is 3.01. The lowest BCUT2D eigenvalue weighted by Crippen LogP contribution is -2.39. The average molecular weight is 310 g/mol. The van der Waals surface area contributed by atoms with Crippen molar-refractivity contribution in [1.29, 1.82) is 0 Å². The van der Waals surface area contributed by atoms with E-state index in [2.05, 4.69) is 27.8 Å². The Morgan fingerprint density at radius 1 is 1.33 bits per heavy atom. The molecule has 0 spiro atoms. The number of likely N-dealkylation sites (tertiary alicyclic amines) is 1. The van der Waals surface area contributed by atoms with Crippen molar-refractivity contribution in [2.45, 2.75) is 38.6 Å². The molecule has 3 heteroatoms. The highest BCUT2D eigenvalue weighted by molar-refractivity contribution is 9.10. The van der Waals surface area contributed by atoms with Crippen LogP contribution in [0.15, 0.2) is 28.7 Å². The highest BCUT2D eigenvalue weighted by atomic mass is 79.9. The zero-order valence-electron chi connectivity index (χ0n) is 10.9. The second-order valence-electron chi connectivity index (χ2n) is 4.89. The van der Waals surface area contributed by atoms with Crippen molar-refractivity contribution in [1.82, 2.24) is 4.90 Å². The zero-order valence-corrected chi connectivity index (χ0v) is 12.4. The number of carbonyl (C=O) groups excluding carboxylic acids is 1. The lowest BCUT2D eigenvalue weighted by molar-refractivity contribution is 0.0836. The van der Waals surface area contributed by atoms with Gasteiger partial charge < -0.3 is 0 Å². The molecule has 1 heterocycles. The number of Topliss-reactive ketones (excluding diaryl/α,β-unsaturated/α-hetero) is 1. The van der Waals surface area contributed by atoms with Crippen molar-refractivity contribution in [2.75, 3.05) is 13.1 Å². The molecule has 1 atom stereocenters. The molecule has 1 aromatic rings. The molecule has 0 amide bonds. The number of hydrogen-bond acceptors (Lipinski definition) is 2. The van der Waals surface area contributed by atoms with Crippen LogP contribution in [-0.4, -0.2) is 29.8 Å². The Morgan fingerprint density at radius 2 is 2.00 bits per heavy atom. The standard InChI is InChI=1S/C15H20BrNO/c1-2-7-14(17-10-5-6-11-17)15(18)12-8-3-4-9-13(12)16/h3-4,8-9,14H,2,5-7,10-11H2,1H3. The Hall–Kier alpha value is -0.670. The number of halogens is 1. The molecule has 0 bridgehead atoms. The fraction of sp³-hybridized carbons (Fsp3) is 0.533. The van der Waals surface area contributed by atoms with Crippen LogP contribution in [0.4, 0.5) is 0 Å². The number of nitrogens with zero attached hydrogens (tertiary/aromatic N) is 1. The largest absolute Gasteiger partial charge is 0.293 e. The smallest absolute Gasteiger partial charge is 0.181 e. The van der Waals surface area contributed by atoms with Crippen LogP contribution in [0.1, 0.15) is 43.0 Å². The molecule has 1 aromatic carbocycles. The predicted octanol–water partition coefficient (Wildman–Crippen LogP) is 3.90. The van der Waals surface area contributed by atoms with Gasteiger partial charge >= 0.3 is 0 Å². The van der Waals surface area contributed by atoms with Gasteiger partial charge in [0.15, 0.2) is 5.78 Å². The van der Waals surface area contributed by atoms with Gasteiger partial charge in [-0.05, 0) is 38.4 Å². The van der Waals surface area contributed by atoms with Crippen molar-refractivity contribution >= 4 is 21.7 Å². The van der Waals surface area contributed by atoms with Gasteiger partial charge in [-0.25, -0.2) is 0 Å². The lowest BCUT2D eigenvalue weighted by atomic mass is 9.99. The summed E-state index contributed by atoms with van der Waals surface area (Å²) in [6.45, 7) is 4.29. The summed E-state index contributed by atoms with van der Waals surface area (Å²) < 4.78 is 0.912. The van der Waals surface area contributed by atoms with Gasteiger partial charge in [-0.3, -0.25) is 9.69 Å². The fourth-order valence-corrected chi connectivity index (χ4v) is 3.13. The summed E-state index contributed by atoms with van der Waals surface area (Å²) in [5, 5.41) is 0. The van der Waals surface area contributed by atoms with Gasteiger partial charge in [-0.2, -0.15) is 0 Å². The van der Waals surface area contributed by atoms with Gasteiger partial charge in [0.2, 0.25) is 0 Å². The van der Waals surface area contributed by atoms with Crippen LogP contribution in [-0.2, 0) is 0 Å². The first-order valence-corrected chi connectivity index (χ1v) is 7.56. The van der Waals surface area contributed by atoms with Crippen molar-refractivity contribution in [3.63, 3.8) is 0 Å². The van der Waals surface area contributed by atoms with Crippen molar-refractivity contribution in [3.05, 3.63) is 34.3 Å². The van der Waals surface area contributed by atoms with Crippen LogP contribution in [0.3, 0.4) is 0 Å². The van der Waals surface area contributed by atoms with Crippen LogP contribution in [0.5, 0.6) is 0 Å². The molecule has 0 aromatic heterocycles. The van der Waals surface area contributed by atoms with Crippen molar-refractivity contribution in [3.8, 4) is 0 Å². The molecule has 0 radical (unpaired) electrons. The molecular weight excluding hydrogens is 290 g/mol. The highest BCUT2D eigenvalue weighted by Crippen LogP contribution is 2.23. The third-order valence-corrected chi connectivity index (χ3v) is 4.28. The normalized spacial score (nSPS) is 17.9. The van der Waals surface area contributed by atoms with Crippen molar-refractivity contribution in [2.24, 2.45) is 0 Å². The minimum Gasteiger partial charge on any atom is -0.293 e. The summed E-state index contributed by atoms with van der Waals surface area (Å²) in [6, 6.07) is 7.82. The Labute approximate surface area is 117 Å². The van der Waals surface area contributed by atoms with Crippen LogP contribution >= 0.6 is 15.9 Å². The molecule has 0 N–H and O–H groups in total. The summed E-state index contributed by atoms with van der Waals surface area (Å²) in [4.78, 5) is 15.0. The topological polar surface area (TPSA) is 20.3 Å². The average Bonchev–Trinajstić information content (AvgIpc) is 2.89. The van der Waals surface area contributed by atoms with Gasteiger partial charge in [-0.1, -0.05) is 47.5 Å². The molecule has 0 aliphatic carbocycles. The summed E-state index contributed by atoms with van der Waals surface area (Å²) >= 11 is 3.49. The molecular formula is C15H20BrNO. The van der Waals surface area contributed by atoms with Crippen LogP contribution in [0, 0.1) is 0 Å². The Balaban J connectivity index is 2.20. The summed E-state index contributed by atoms with van der Waals surface area (Å²) in [7, 11) is 0. The molecule has 18 heavy (non-hydrogen) atoms. The van der Waals surface area contributed by atoms with E-state index in [0.717, 1.165) is 36.0 Å². The van der Waals surface area contributed by atoms with E-state index in [1.54, 1.807) is 0 Å². The van der Waals surface area contributed by atoms with E-state index in [1.807, 2.05) is 24.3 Å². The third-order valence-electron chi connectivity index (χ3n) is 3.59. The quantitative estimate of drug-likeness (QED) is 0.769. The lowest BCUT2D eigenvalue weighted by Gasteiger charge is -2.26. The Bertz CT molecular complexity index is 413. The van der Waals surface area contributed by atoms with E-state index >= 15 is 0 Å². The SMILES string of the molecule is CCCC(C(=O)c1ccccc1Br)N1CCCC1. The van der Waals surface area contributed by atoms with Crippen LogP contribution in [0.2, 0.25) is 0 Å². The first-order valence-electron chi connectivity index (χ1n) is 6.77. The van der Waals surface area contributed by atoms with Gasteiger partial charge in [0.05, 0.1) is 6.04 Å². The maximum atomic E-state index is 12.7. The molecule has 1 aliphatic rings. The minimum atomic E-state index is 0.0659. The number of rotatable bonds is 5. The number of benzene rings is 1. The van der Waals surface area contributed by atoms with Crippen LogP contribution in [0.25, 0.3) is 0 Å². The maximum absolute atomic E-state index is 12.7. The maximum Gasteiger partial charge on any atom is 0.181 e. The number of carbonyl (C=O) groups is 1. The summed E-state index contributed by atoms with van der Waals surface area (Å²) in [6.07, 6.45) is 4.46. The molecule has 1 aliphatic heterocycles. The Kier molecular flexibility index (Phi) is 4.95. The minimum absolute atomic E-state index is 0.0659. The number of hydrogen-bond donors (Lipinski definition) is 0. The molecule has 98 valence electrons. The molecule has 2 rings (SSSR count). The van der Waals surface area contributed by atoms with E-state index in [-0.39, 0.29) is 11.8 Å². The Morgan fingerprint density at radius 3 is 2.61 bits per heavy atom. The van der Waals surface area contributed by atoms with E-state index < -0.39 is 0 Å². The number of ketones is 1. The monoisotopic (exact) mass is 309 g/mol. The predicted molar refractivity (Wildman–Crippen MR) is 78.0 cm³/mol. The molecule has 1 saturated heterocycles. The molecule has 1 unspecified atom stereocenters. The van der Waals surface area contributed by atoms with E-state index in [4.69, 9.17) is 0 Å². The van der Waals surface area contributed by atoms with E-state index in [1.165, 1.54) is 12.8 Å².